The summed E-state index contributed by atoms with van der Waals surface area (Å²) >= 11 is 3.75. The first-order chi connectivity index (χ1) is 9.54. The van der Waals surface area contributed by atoms with Gasteiger partial charge in [-0.25, -0.2) is 0 Å². The minimum Gasteiger partial charge on any atom is -0.306 e. The van der Waals surface area contributed by atoms with Gasteiger partial charge in [0, 0.05) is 4.47 Å². The zero-order valence-corrected chi connectivity index (χ0v) is 14.2. The van der Waals surface area contributed by atoms with Crippen LogP contribution < -0.4 is 5.32 Å². The van der Waals surface area contributed by atoms with E-state index < -0.39 is 0 Å². The fraction of sp³-hybridized carbons (Fsp3) is 0.333. The molecule has 20 heavy (non-hydrogen) atoms. The summed E-state index contributed by atoms with van der Waals surface area (Å²) in [6, 6.07) is 13.4. The van der Waals surface area contributed by atoms with Crippen molar-refractivity contribution in [2.45, 2.75) is 33.7 Å². The first-order valence-electron chi connectivity index (χ1n) is 7.10. The predicted octanol–water partition coefficient (Wildman–Crippen LogP) is 5.07. The Hall–Kier alpha value is -1.12. The largest absolute Gasteiger partial charge is 0.306 e. The molecule has 1 N–H and O–H groups in total. The maximum atomic E-state index is 3.75. The molecule has 1 atom stereocenters. The van der Waals surface area contributed by atoms with Crippen molar-refractivity contribution < 1.29 is 0 Å². The first kappa shape index (κ1) is 15.3. The summed E-state index contributed by atoms with van der Waals surface area (Å²) in [4.78, 5) is 0. The third-order valence-electron chi connectivity index (χ3n) is 3.68. The molecule has 0 amide bonds. The summed E-state index contributed by atoms with van der Waals surface area (Å²) in [5.74, 6) is 0. The number of nitrogens with one attached hydrogen (secondary N) is 1. The fourth-order valence-electron chi connectivity index (χ4n) is 2.63. The average molecular weight is 332 g/mol. The molecule has 106 valence electrons. The lowest BCUT2D eigenvalue weighted by Gasteiger charge is -2.23. The second-order valence-electron chi connectivity index (χ2n) is 5.33. The molecule has 0 saturated heterocycles. The Labute approximate surface area is 130 Å². The zero-order chi connectivity index (χ0) is 14.7. The third kappa shape index (κ3) is 3.13. The second kappa shape index (κ2) is 6.55. The lowest BCUT2D eigenvalue weighted by Crippen LogP contribution is -2.23. The van der Waals surface area contributed by atoms with Crippen LogP contribution in [0.1, 0.15) is 40.8 Å². The van der Waals surface area contributed by atoms with Gasteiger partial charge < -0.3 is 5.32 Å². The van der Waals surface area contributed by atoms with Crippen LogP contribution in [0.3, 0.4) is 0 Å². The van der Waals surface area contributed by atoms with Crippen molar-refractivity contribution in [1.82, 2.24) is 5.32 Å². The van der Waals surface area contributed by atoms with Crippen molar-refractivity contribution in [3.8, 4) is 0 Å². The van der Waals surface area contributed by atoms with E-state index in [4.69, 9.17) is 0 Å². The molecule has 1 unspecified atom stereocenters. The summed E-state index contributed by atoms with van der Waals surface area (Å²) in [5, 5.41) is 3.61. The van der Waals surface area contributed by atoms with E-state index in [-0.39, 0.29) is 6.04 Å². The van der Waals surface area contributed by atoms with Crippen LogP contribution in [0.5, 0.6) is 0 Å². The lowest BCUT2D eigenvalue weighted by molar-refractivity contribution is 0.625. The minimum atomic E-state index is 0.231. The average Bonchev–Trinajstić information content (AvgIpc) is 2.40. The number of aryl methyl sites for hydroxylation is 3. The van der Waals surface area contributed by atoms with Gasteiger partial charge in [0.25, 0.3) is 0 Å². The smallest absolute Gasteiger partial charge is 0.0590 e. The molecule has 0 aliphatic heterocycles. The highest BCUT2D eigenvalue weighted by molar-refractivity contribution is 9.10. The summed E-state index contributed by atoms with van der Waals surface area (Å²) in [6.45, 7) is 9.56. The Kier molecular flexibility index (Phi) is 5.00. The molecule has 0 aromatic heterocycles. The maximum Gasteiger partial charge on any atom is 0.0590 e. The molecular weight excluding hydrogens is 310 g/mol. The van der Waals surface area contributed by atoms with Gasteiger partial charge in [0.1, 0.15) is 0 Å². The van der Waals surface area contributed by atoms with E-state index in [0.29, 0.717) is 0 Å². The number of hydrogen-bond acceptors (Lipinski definition) is 1. The highest BCUT2D eigenvalue weighted by Gasteiger charge is 2.18. The van der Waals surface area contributed by atoms with Crippen LogP contribution in [0.15, 0.2) is 40.9 Å². The van der Waals surface area contributed by atoms with Crippen molar-refractivity contribution in [2.24, 2.45) is 0 Å². The SMILES string of the molecule is CCNC(c1ccc(C)cc1C)c1cccc(C)c1Br. The standard InChI is InChI=1S/C18H22BrN/c1-5-20-18(15-10-9-12(2)11-14(15)4)16-8-6-7-13(3)17(16)19/h6-11,18,20H,5H2,1-4H3. The Bertz CT molecular complexity index is 604. The molecule has 0 radical (unpaired) electrons. The Morgan fingerprint density at radius 3 is 2.40 bits per heavy atom. The number of rotatable bonds is 4. The topological polar surface area (TPSA) is 12.0 Å². The van der Waals surface area contributed by atoms with Gasteiger partial charge in [0.2, 0.25) is 0 Å². The van der Waals surface area contributed by atoms with Crippen LogP contribution in [-0.4, -0.2) is 6.54 Å². The Balaban J connectivity index is 2.53. The van der Waals surface area contributed by atoms with Crippen LogP contribution in [0, 0.1) is 20.8 Å². The van der Waals surface area contributed by atoms with Gasteiger partial charge in [-0.05, 0) is 49.6 Å². The van der Waals surface area contributed by atoms with E-state index >= 15 is 0 Å². The monoisotopic (exact) mass is 331 g/mol. The minimum absolute atomic E-state index is 0.231. The van der Waals surface area contributed by atoms with Gasteiger partial charge in [0.05, 0.1) is 6.04 Å². The van der Waals surface area contributed by atoms with Crippen molar-refractivity contribution in [1.29, 1.82) is 0 Å². The van der Waals surface area contributed by atoms with E-state index in [0.717, 1.165) is 6.54 Å². The molecule has 2 aromatic rings. The second-order valence-corrected chi connectivity index (χ2v) is 6.12. The molecule has 0 saturated carbocycles. The zero-order valence-electron chi connectivity index (χ0n) is 12.6. The molecule has 0 bridgehead atoms. The molecule has 0 aliphatic carbocycles. The van der Waals surface area contributed by atoms with Crippen molar-refractivity contribution in [3.05, 3.63) is 68.7 Å². The number of halogens is 1. The van der Waals surface area contributed by atoms with E-state index in [2.05, 4.69) is 85.3 Å². The molecule has 2 aromatic carbocycles. The van der Waals surface area contributed by atoms with Gasteiger partial charge in [-0.15, -0.1) is 0 Å². The molecule has 2 heteroatoms. The molecule has 0 spiro atoms. The predicted molar refractivity (Wildman–Crippen MR) is 90.3 cm³/mol. The molecule has 0 fully saturated rings. The van der Waals surface area contributed by atoms with Crippen LogP contribution in [-0.2, 0) is 0 Å². The van der Waals surface area contributed by atoms with Crippen molar-refractivity contribution >= 4 is 15.9 Å². The molecule has 0 aliphatic rings. The molecule has 2 rings (SSSR count). The highest BCUT2D eigenvalue weighted by atomic mass is 79.9. The summed E-state index contributed by atoms with van der Waals surface area (Å²) < 4.78 is 1.20. The summed E-state index contributed by atoms with van der Waals surface area (Å²) in [6.07, 6.45) is 0. The van der Waals surface area contributed by atoms with E-state index in [1.165, 1.54) is 32.3 Å². The van der Waals surface area contributed by atoms with Crippen LogP contribution in [0.4, 0.5) is 0 Å². The van der Waals surface area contributed by atoms with Gasteiger partial charge in [0.15, 0.2) is 0 Å². The van der Waals surface area contributed by atoms with E-state index in [1.54, 1.807) is 0 Å². The van der Waals surface area contributed by atoms with E-state index in [1.807, 2.05) is 0 Å². The van der Waals surface area contributed by atoms with Crippen LogP contribution in [0.25, 0.3) is 0 Å². The van der Waals surface area contributed by atoms with Crippen molar-refractivity contribution in [3.63, 3.8) is 0 Å². The highest BCUT2D eigenvalue weighted by Crippen LogP contribution is 2.32. The first-order valence-corrected chi connectivity index (χ1v) is 7.89. The van der Waals surface area contributed by atoms with Gasteiger partial charge in [-0.3, -0.25) is 0 Å². The van der Waals surface area contributed by atoms with Gasteiger partial charge >= 0.3 is 0 Å². The fourth-order valence-corrected chi connectivity index (χ4v) is 3.13. The summed E-state index contributed by atoms with van der Waals surface area (Å²) in [5.41, 5.74) is 6.58. The van der Waals surface area contributed by atoms with E-state index in [9.17, 15) is 0 Å². The molecule has 1 nitrogen and oxygen atoms in total. The Morgan fingerprint density at radius 2 is 1.75 bits per heavy atom. The number of hydrogen-bond donors (Lipinski definition) is 1. The van der Waals surface area contributed by atoms with Gasteiger partial charge in [-0.2, -0.15) is 0 Å². The maximum absolute atomic E-state index is 3.75. The molecule has 0 heterocycles. The summed E-state index contributed by atoms with van der Waals surface area (Å²) in [7, 11) is 0. The quantitative estimate of drug-likeness (QED) is 0.824. The molecular formula is C18H22BrN. The van der Waals surface area contributed by atoms with Gasteiger partial charge in [-0.1, -0.05) is 64.8 Å². The van der Waals surface area contributed by atoms with Crippen LogP contribution >= 0.6 is 15.9 Å². The Morgan fingerprint density at radius 1 is 1.00 bits per heavy atom. The van der Waals surface area contributed by atoms with Crippen molar-refractivity contribution in [2.75, 3.05) is 6.54 Å². The normalized spacial score (nSPS) is 12.4. The lowest BCUT2D eigenvalue weighted by atomic mass is 9.93. The third-order valence-corrected chi connectivity index (χ3v) is 4.76. The van der Waals surface area contributed by atoms with Crippen LogP contribution in [0.2, 0.25) is 0 Å². The number of benzene rings is 2.